The number of hydrogen-bond donors (Lipinski definition) is 1. The van der Waals surface area contributed by atoms with Crippen molar-refractivity contribution in [3.05, 3.63) is 24.2 Å². The average Bonchev–Trinajstić information content (AvgIpc) is 2.56. The van der Waals surface area contributed by atoms with Crippen LogP contribution in [0.1, 0.15) is 12.5 Å². The summed E-state index contributed by atoms with van der Waals surface area (Å²) in [5, 5.41) is 0. The molecule has 0 spiro atoms. The van der Waals surface area contributed by atoms with Crippen molar-refractivity contribution < 1.29 is 4.74 Å². The zero-order valence-corrected chi connectivity index (χ0v) is 12.0. The lowest BCUT2D eigenvalue weighted by Crippen LogP contribution is -2.37. The summed E-state index contributed by atoms with van der Waals surface area (Å²) < 4.78 is 5.36. The number of anilines is 2. The Hall–Kier alpha value is -2.28. The second kappa shape index (κ2) is 6.01. The van der Waals surface area contributed by atoms with E-state index in [2.05, 4.69) is 26.8 Å². The molecule has 0 radical (unpaired) electrons. The van der Waals surface area contributed by atoms with Gasteiger partial charge in [0.2, 0.25) is 11.9 Å². The minimum Gasteiger partial charge on any atom is -0.378 e. The predicted molar refractivity (Wildman–Crippen MR) is 79.9 cm³/mol. The maximum absolute atomic E-state index is 5.55. The molecular weight excluding hydrogens is 268 g/mol. The summed E-state index contributed by atoms with van der Waals surface area (Å²) in [7, 11) is 0. The van der Waals surface area contributed by atoms with Crippen LogP contribution in [0.5, 0.6) is 0 Å². The van der Waals surface area contributed by atoms with Crippen molar-refractivity contribution >= 4 is 11.9 Å². The number of nitrogen functional groups attached to an aromatic ring is 1. The molecule has 21 heavy (non-hydrogen) atoms. The van der Waals surface area contributed by atoms with Gasteiger partial charge in [0.15, 0.2) is 0 Å². The van der Waals surface area contributed by atoms with Crippen molar-refractivity contribution in [1.82, 2.24) is 19.9 Å². The van der Waals surface area contributed by atoms with E-state index in [1.807, 2.05) is 6.20 Å². The number of ether oxygens (including phenoxy) is 1. The quantitative estimate of drug-likeness (QED) is 0.897. The van der Waals surface area contributed by atoms with E-state index in [-0.39, 0.29) is 5.95 Å². The molecule has 3 heterocycles. The standard InChI is InChI=1S/C14H18N6O/c1-2-10-7-18-14(20-3-5-21-6-4-20)19-12(10)11-8-16-13(15)17-9-11/h7-9H,2-6H2,1H3,(H2,15,16,17). The molecule has 0 unspecified atom stereocenters. The van der Waals surface area contributed by atoms with E-state index in [0.29, 0.717) is 13.2 Å². The Labute approximate surface area is 123 Å². The molecule has 2 N–H and O–H groups in total. The second-order valence-corrected chi connectivity index (χ2v) is 4.83. The highest BCUT2D eigenvalue weighted by atomic mass is 16.5. The molecule has 1 saturated heterocycles. The highest BCUT2D eigenvalue weighted by molar-refractivity contribution is 5.62. The summed E-state index contributed by atoms with van der Waals surface area (Å²) in [4.78, 5) is 19.4. The van der Waals surface area contributed by atoms with Crippen molar-refractivity contribution in [2.75, 3.05) is 36.9 Å². The van der Waals surface area contributed by atoms with Crippen LogP contribution >= 0.6 is 0 Å². The molecule has 0 bridgehead atoms. The van der Waals surface area contributed by atoms with Crippen LogP contribution in [0.3, 0.4) is 0 Å². The molecule has 0 atom stereocenters. The first-order valence-electron chi connectivity index (χ1n) is 7.04. The Morgan fingerprint density at radius 1 is 1.14 bits per heavy atom. The summed E-state index contributed by atoms with van der Waals surface area (Å²) in [6.07, 6.45) is 6.13. The van der Waals surface area contributed by atoms with Crippen molar-refractivity contribution in [2.24, 2.45) is 0 Å². The number of aryl methyl sites for hydroxylation is 1. The van der Waals surface area contributed by atoms with Crippen LogP contribution in [0.2, 0.25) is 0 Å². The van der Waals surface area contributed by atoms with Gasteiger partial charge in [-0.1, -0.05) is 6.92 Å². The fourth-order valence-electron chi connectivity index (χ4n) is 2.28. The molecule has 3 rings (SSSR count). The lowest BCUT2D eigenvalue weighted by Gasteiger charge is -2.27. The van der Waals surface area contributed by atoms with Crippen LogP contribution in [0, 0.1) is 0 Å². The zero-order chi connectivity index (χ0) is 14.7. The number of hydrogen-bond acceptors (Lipinski definition) is 7. The smallest absolute Gasteiger partial charge is 0.226 e. The van der Waals surface area contributed by atoms with E-state index in [1.165, 1.54) is 0 Å². The van der Waals surface area contributed by atoms with E-state index in [1.54, 1.807) is 12.4 Å². The van der Waals surface area contributed by atoms with Crippen molar-refractivity contribution in [2.45, 2.75) is 13.3 Å². The summed E-state index contributed by atoms with van der Waals surface area (Å²) in [6.45, 7) is 5.11. The maximum Gasteiger partial charge on any atom is 0.226 e. The topological polar surface area (TPSA) is 90.0 Å². The van der Waals surface area contributed by atoms with Crippen LogP contribution in [0.4, 0.5) is 11.9 Å². The molecule has 1 fully saturated rings. The number of aromatic nitrogens is 4. The van der Waals surface area contributed by atoms with E-state index in [4.69, 9.17) is 15.5 Å². The highest BCUT2D eigenvalue weighted by Crippen LogP contribution is 2.23. The van der Waals surface area contributed by atoms with E-state index in [9.17, 15) is 0 Å². The Bertz CT molecular complexity index is 609. The Morgan fingerprint density at radius 3 is 2.52 bits per heavy atom. The first-order chi connectivity index (χ1) is 10.3. The lowest BCUT2D eigenvalue weighted by molar-refractivity contribution is 0.122. The predicted octanol–water partition coefficient (Wildman–Crippen LogP) is 0.915. The molecule has 110 valence electrons. The normalized spacial score (nSPS) is 15.2. The van der Waals surface area contributed by atoms with Gasteiger partial charge in [-0.15, -0.1) is 0 Å². The van der Waals surface area contributed by atoms with Crippen LogP contribution in [-0.2, 0) is 11.2 Å². The molecule has 1 aliphatic rings. The van der Waals surface area contributed by atoms with Gasteiger partial charge >= 0.3 is 0 Å². The highest BCUT2D eigenvalue weighted by Gasteiger charge is 2.16. The summed E-state index contributed by atoms with van der Waals surface area (Å²) in [5.74, 6) is 0.988. The molecule has 0 amide bonds. The molecule has 2 aromatic heterocycles. The molecule has 7 nitrogen and oxygen atoms in total. The van der Waals surface area contributed by atoms with Gasteiger partial charge in [0.05, 0.1) is 18.9 Å². The fraction of sp³-hybridized carbons (Fsp3) is 0.429. The van der Waals surface area contributed by atoms with Crippen molar-refractivity contribution in [3.63, 3.8) is 0 Å². The summed E-state index contributed by atoms with van der Waals surface area (Å²) >= 11 is 0. The molecule has 0 aliphatic carbocycles. The number of morpholine rings is 1. The molecule has 0 saturated carbocycles. The third-order valence-corrected chi connectivity index (χ3v) is 3.47. The maximum atomic E-state index is 5.55. The van der Waals surface area contributed by atoms with Gasteiger partial charge in [0, 0.05) is 37.2 Å². The van der Waals surface area contributed by atoms with E-state index in [0.717, 1.165) is 42.3 Å². The Kier molecular flexibility index (Phi) is 3.92. The second-order valence-electron chi connectivity index (χ2n) is 4.83. The largest absolute Gasteiger partial charge is 0.378 e. The molecular formula is C14H18N6O. The van der Waals surface area contributed by atoms with Gasteiger partial charge in [-0.2, -0.15) is 0 Å². The van der Waals surface area contributed by atoms with Gasteiger partial charge in [-0.05, 0) is 12.0 Å². The van der Waals surface area contributed by atoms with Crippen LogP contribution in [0.15, 0.2) is 18.6 Å². The third kappa shape index (κ3) is 2.92. The van der Waals surface area contributed by atoms with Gasteiger partial charge < -0.3 is 15.4 Å². The zero-order valence-electron chi connectivity index (χ0n) is 12.0. The molecule has 7 heteroatoms. The first-order valence-corrected chi connectivity index (χ1v) is 7.04. The molecule has 1 aliphatic heterocycles. The average molecular weight is 286 g/mol. The fourth-order valence-corrected chi connectivity index (χ4v) is 2.28. The first kappa shape index (κ1) is 13.7. The van der Waals surface area contributed by atoms with Gasteiger partial charge in [0.25, 0.3) is 0 Å². The van der Waals surface area contributed by atoms with E-state index >= 15 is 0 Å². The molecule has 2 aromatic rings. The van der Waals surface area contributed by atoms with Crippen LogP contribution in [-0.4, -0.2) is 46.2 Å². The van der Waals surface area contributed by atoms with Crippen LogP contribution < -0.4 is 10.6 Å². The van der Waals surface area contributed by atoms with Crippen LogP contribution in [0.25, 0.3) is 11.3 Å². The summed E-state index contributed by atoms with van der Waals surface area (Å²) in [5.41, 5.74) is 8.34. The minimum absolute atomic E-state index is 0.263. The Balaban J connectivity index is 1.98. The molecule has 0 aromatic carbocycles. The monoisotopic (exact) mass is 286 g/mol. The minimum atomic E-state index is 0.263. The van der Waals surface area contributed by atoms with Crippen molar-refractivity contribution in [1.29, 1.82) is 0 Å². The third-order valence-electron chi connectivity index (χ3n) is 3.47. The van der Waals surface area contributed by atoms with Gasteiger partial charge in [-0.3, -0.25) is 0 Å². The Morgan fingerprint density at radius 2 is 1.86 bits per heavy atom. The van der Waals surface area contributed by atoms with Gasteiger partial charge in [0.1, 0.15) is 0 Å². The van der Waals surface area contributed by atoms with Gasteiger partial charge in [-0.25, -0.2) is 19.9 Å². The summed E-state index contributed by atoms with van der Waals surface area (Å²) in [6, 6.07) is 0. The van der Waals surface area contributed by atoms with E-state index < -0.39 is 0 Å². The number of nitrogens with zero attached hydrogens (tertiary/aromatic N) is 5. The number of rotatable bonds is 3. The lowest BCUT2D eigenvalue weighted by atomic mass is 10.1. The SMILES string of the molecule is CCc1cnc(N2CCOCC2)nc1-c1cnc(N)nc1. The van der Waals surface area contributed by atoms with Crippen molar-refractivity contribution in [3.8, 4) is 11.3 Å². The number of nitrogens with two attached hydrogens (primary N) is 1.